The Kier molecular flexibility index (Phi) is 16.2. The number of unbranched alkanes of at least 4 members (excludes halogenated alkanes) is 7. The molecule has 0 saturated carbocycles. The summed E-state index contributed by atoms with van der Waals surface area (Å²) in [6.45, 7) is 6.65. The Bertz CT molecular complexity index is 1660. The van der Waals surface area contributed by atoms with Crippen LogP contribution in [-0.4, -0.2) is 104 Å². The van der Waals surface area contributed by atoms with Gasteiger partial charge in [0.15, 0.2) is 24.2 Å². The standard InChI is InChI=1S/C38H59N5O13/c1-5-6-7-8-9-10-11-12-17-38(3,4)36(51)56-29-22(20-44)28(54-34(29)43-18-16-26(46)42-37(43)52)30(31(39)48)55-35-27(47)24(45)19-25(53-35)33(50)41-23-15-13-14-21(2)40-32(23)49/h16,18-19,21-24,27-30,34-35,44-45,47H,5-15,17,20H2,1-4H3,(H2,39,48)(H,40,49)(H,41,50)(H,42,46,52)/t21-,22-,23+,24+,27+,28+,29-,30-,34-,35-/m1/s1. The summed E-state index contributed by atoms with van der Waals surface area (Å²) in [4.78, 5) is 79.7. The number of carbonyl (C=O) groups excluding carboxylic acids is 4. The van der Waals surface area contributed by atoms with Crippen LogP contribution in [0.2, 0.25) is 0 Å². The topological polar surface area (TPSA) is 271 Å². The summed E-state index contributed by atoms with van der Waals surface area (Å²) in [5.74, 6) is -4.97. The zero-order valence-corrected chi connectivity index (χ0v) is 32.6. The predicted molar refractivity (Wildman–Crippen MR) is 199 cm³/mol. The van der Waals surface area contributed by atoms with E-state index in [1.165, 1.54) is 12.8 Å². The molecule has 8 N–H and O–H groups in total. The van der Waals surface area contributed by atoms with E-state index in [9.17, 15) is 44.1 Å². The molecule has 2 saturated heterocycles. The van der Waals surface area contributed by atoms with E-state index in [1.54, 1.807) is 13.8 Å². The fourth-order valence-corrected chi connectivity index (χ4v) is 7.20. The normalized spacial score (nSPS) is 28.7. The Hall–Kier alpha value is -4.10. The fourth-order valence-electron chi connectivity index (χ4n) is 7.20. The van der Waals surface area contributed by atoms with Gasteiger partial charge in [-0.05, 0) is 52.5 Å². The van der Waals surface area contributed by atoms with Crippen molar-refractivity contribution < 1.29 is 53.4 Å². The van der Waals surface area contributed by atoms with Gasteiger partial charge in [-0.1, -0.05) is 58.3 Å². The summed E-state index contributed by atoms with van der Waals surface area (Å²) < 4.78 is 24.5. The quantitative estimate of drug-likeness (QED) is 0.0745. The van der Waals surface area contributed by atoms with Crippen LogP contribution in [0.5, 0.6) is 0 Å². The molecular weight excluding hydrogens is 734 g/mol. The van der Waals surface area contributed by atoms with Crippen LogP contribution in [-0.2, 0) is 38.1 Å². The van der Waals surface area contributed by atoms with Crippen LogP contribution in [0.25, 0.3) is 0 Å². The minimum absolute atomic E-state index is 0.0904. The second kappa shape index (κ2) is 20.4. The van der Waals surface area contributed by atoms with Crippen molar-refractivity contribution >= 4 is 23.7 Å². The molecule has 56 heavy (non-hydrogen) atoms. The van der Waals surface area contributed by atoms with E-state index in [0.717, 1.165) is 61.4 Å². The molecule has 18 nitrogen and oxygen atoms in total. The maximum Gasteiger partial charge on any atom is 0.330 e. The second-order valence-corrected chi connectivity index (χ2v) is 15.7. The number of aliphatic hydroxyl groups is 3. The summed E-state index contributed by atoms with van der Waals surface area (Å²) in [7, 11) is 0. The van der Waals surface area contributed by atoms with Crippen molar-refractivity contribution in [2.75, 3.05) is 6.61 Å². The van der Waals surface area contributed by atoms with E-state index < -0.39 is 108 Å². The van der Waals surface area contributed by atoms with E-state index >= 15 is 0 Å². The Morgan fingerprint density at radius 3 is 2.39 bits per heavy atom. The first-order valence-electron chi connectivity index (χ1n) is 19.7. The molecule has 3 amide bonds. The highest BCUT2D eigenvalue weighted by molar-refractivity contribution is 5.95. The molecule has 18 heteroatoms. The first kappa shape index (κ1) is 44.6. The molecule has 10 atom stereocenters. The molecule has 0 unspecified atom stereocenters. The molecule has 3 aliphatic heterocycles. The number of aromatic amines is 1. The van der Waals surface area contributed by atoms with Gasteiger partial charge >= 0.3 is 11.7 Å². The van der Waals surface area contributed by atoms with Crippen molar-refractivity contribution in [3.05, 3.63) is 44.9 Å². The average Bonchev–Trinajstić information content (AvgIpc) is 3.40. The number of carbonyl (C=O) groups is 4. The Labute approximate surface area is 325 Å². The number of nitrogens with two attached hydrogens (primary N) is 1. The van der Waals surface area contributed by atoms with E-state index in [4.69, 9.17) is 24.7 Å². The monoisotopic (exact) mass is 793 g/mol. The van der Waals surface area contributed by atoms with Gasteiger partial charge < -0.3 is 50.6 Å². The number of amides is 3. The number of nitrogens with one attached hydrogen (secondary N) is 3. The molecule has 1 aromatic rings. The van der Waals surface area contributed by atoms with Crippen molar-refractivity contribution in [1.29, 1.82) is 0 Å². The first-order valence-corrected chi connectivity index (χ1v) is 19.7. The first-order chi connectivity index (χ1) is 26.6. The number of primary amides is 1. The molecule has 0 aromatic carbocycles. The lowest BCUT2D eigenvalue weighted by molar-refractivity contribution is -0.239. The van der Waals surface area contributed by atoms with Crippen LogP contribution in [0.1, 0.15) is 111 Å². The Morgan fingerprint density at radius 1 is 1.07 bits per heavy atom. The molecule has 1 aromatic heterocycles. The van der Waals surface area contributed by atoms with Gasteiger partial charge in [0.25, 0.3) is 11.5 Å². The molecule has 0 radical (unpaired) electrons. The van der Waals surface area contributed by atoms with E-state index in [1.807, 2.05) is 6.92 Å². The smallest absolute Gasteiger partial charge is 0.330 e. The van der Waals surface area contributed by atoms with Crippen molar-refractivity contribution in [2.45, 2.75) is 160 Å². The Balaban J connectivity index is 1.53. The summed E-state index contributed by atoms with van der Waals surface area (Å²) >= 11 is 0. The van der Waals surface area contributed by atoms with Crippen molar-refractivity contribution in [1.82, 2.24) is 20.2 Å². The van der Waals surface area contributed by atoms with Gasteiger partial charge in [-0.2, -0.15) is 0 Å². The highest BCUT2D eigenvalue weighted by Gasteiger charge is 2.54. The second-order valence-electron chi connectivity index (χ2n) is 15.7. The number of rotatable bonds is 19. The lowest BCUT2D eigenvalue weighted by atomic mass is 9.86. The highest BCUT2D eigenvalue weighted by Crippen LogP contribution is 2.40. The van der Waals surface area contributed by atoms with Crippen LogP contribution in [0.3, 0.4) is 0 Å². The van der Waals surface area contributed by atoms with E-state index in [-0.39, 0.29) is 6.04 Å². The Morgan fingerprint density at radius 2 is 1.75 bits per heavy atom. The van der Waals surface area contributed by atoms with Gasteiger partial charge in [-0.15, -0.1) is 0 Å². The molecule has 314 valence electrons. The van der Waals surface area contributed by atoms with Gasteiger partial charge in [0.1, 0.15) is 24.4 Å². The van der Waals surface area contributed by atoms with Crippen molar-refractivity contribution in [3.63, 3.8) is 0 Å². The molecule has 0 spiro atoms. The zero-order chi connectivity index (χ0) is 41.2. The number of hydrogen-bond acceptors (Lipinski definition) is 13. The molecule has 4 heterocycles. The number of aromatic nitrogens is 2. The van der Waals surface area contributed by atoms with E-state index in [2.05, 4.69) is 22.5 Å². The summed E-state index contributed by atoms with van der Waals surface area (Å²) in [6, 6.07) is 0.0340. The number of H-pyrrole nitrogens is 1. The SMILES string of the molecule is CCCCCCCCCCC(C)(C)C(=O)O[C@@H]1[C@H](CO)[C@@H]([C@@H](O[C@H]2OC(C(=O)N[C@H]3CCC[C@@H](C)NC3=O)=C[C@H](O)[C@@H]2O)C(N)=O)O[C@H]1n1ccc(=O)[nH]c1=O. The summed E-state index contributed by atoms with van der Waals surface area (Å²) in [5, 5.41) is 37.5. The number of nitrogens with zero attached hydrogens (tertiary/aromatic N) is 1. The maximum absolute atomic E-state index is 13.8. The van der Waals surface area contributed by atoms with Gasteiger partial charge in [0, 0.05) is 18.3 Å². The molecule has 3 aliphatic rings. The van der Waals surface area contributed by atoms with Crippen LogP contribution in [0.15, 0.2) is 33.7 Å². The van der Waals surface area contributed by atoms with Crippen molar-refractivity contribution in [3.8, 4) is 0 Å². The highest BCUT2D eigenvalue weighted by atomic mass is 16.7. The molecule has 2 fully saturated rings. The van der Waals surface area contributed by atoms with Gasteiger partial charge in [-0.3, -0.25) is 33.5 Å². The third kappa shape index (κ3) is 11.5. The fraction of sp³-hybridized carbons (Fsp3) is 0.737. The average molecular weight is 794 g/mol. The van der Waals surface area contributed by atoms with Crippen LogP contribution in [0, 0.1) is 11.3 Å². The largest absolute Gasteiger partial charge is 0.457 e. The maximum atomic E-state index is 13.8. The van der Waals surface area contributed by atoms with Crippen molar-refractivity contribution in [2.24, 2.45) is 17.1 Å². The van der Waals surface area contributed by atoms with Gasteiger partial charge in [0.2, 0.25) is 18.1 Å². The lowest BCUT2D eigenvalue weighted by Crippen LogP contribution is -2.54. The lowest BCUT2D eigenvalue weighted by Gasteiger charge is -2.35. The number of esters is 1. The third-order valence-electron chi connectivity index (χ3n) is 10.6. The molecule has 4 rings (SSSR count). The number of ether oxygens (including phenoxy) is 4. The molecule has 0 bridgehead atoms. The van der Waals surface area contributed by atoms with Crippen LogP contribution >= 0.6 is 0 Å². The summed E-state index contributed by atoms with van der Waals surface area (Å²) in [6.07, 6.45) is 0.787. The van der Waals surface area contributed by atoms with Gasteiger partial charge in [0.05, 0.1) is 17.9 Å². The van der Waals surface area contributed by atoms with Crippen LogP contribution in [0.4, 0.5) is 0 Å². The minimum atomic E-state index is -1.92. The van der Waals surface area contributed by atoms with Gasteiger partial charge in [-0.25, -0.2) is 4.79 Å². The minimum Gasteiger partial charge on any atom is -0.457 e. The summed E-state index contributed by atoms with van der Waals surface area (Å²) in [5.41, 5.74) is 3.10. The predicted octanol–water partition coefficient (Wildman–Crippen LogP) is 0.517. The molecular formula is C38H59N5O13. The zero-order valence-electron chi connectivity index (χ0n) is 32.6. The van der Waals surface area contributed by atoms with E-state index in [0.29, 0.717) is 25.7 Å². The van der Waals surface area contributed by atoms with Crippen LogP contribution < -0.4 is 27.6 Å². The molecule has 0 aliphatic carbocycles. The third-order valence-corrected chi connectivity index (χ3v) is 10.6. The number of hydrogen-bond donors (Lipinski definition) is 7. The number of aliphatic hydroxyl groups excluding tert-OH is 3.